The molecule has 10 nitrogen and oxygen atoms in total. The molecule has 4 aromatic rings. The predicted octanol–water partition coefficient (Wildman–Crippen LogP) is 4.47. The highest BCUT2D eigenvalue weighted by Gasteiger charge is 2.35. The van der Waals surface area contributed by atoms with E-state index in [0.29, 0.717) is 58.3 Å². The molecule has 0 N–H and O–H groups in total. The lowest BCUT2D eigenvalue weighted by Crippen LogP contribution is -2.40. The minimum absolute atomic E-state index is 0.132. The number of thiazole rings is 1. The van der Waals surface area contributed by atoms with Crippen molar-refractivity contribution < 1.29 is 28.5 Å². The number of nitriles is 1. The molecule has 230 valence electrons. The van der Waals surface area contributed by atoms with Gasteiger partial charge in [-0.15, -0.1) is 0 Å². The second-order valence-electron chi connectivity index (χ2n) is 9.53. The summed E-state index contributed by atoms with van der Waals surface area (Å²) in [6.45, 7) is 1.74. The van der Waals surface area contributed by atoms with Crippen LogP contribution in [0.1, 0.15) is 29.7 Å². The summed E-state index contributed by atoms with van der Waals surface area (Å²) < 4.78 is 30.3. The Morgan fingerprint density at radius 1 is 1.04 bits per heavy atom. The van der Waals surface area contributed by atoms with E-state index in [2.05, 4.69) is 22.6 Å². The van der Waals surface area contributed by atoms with E-state index < -0.39 is 12.0 Å². The van der Waals surface area contributed by atoms with Gasteiger partial charge in [-0.3, -0.25) is 9.36 Å². The lowest BCUT2D eigenvalue weighted by Gasteiger charge is -2.26. The van der Waals surface area contributed by atoms with Gasteiger partial charge in [0, 0.05) is 5.56 Å². The van der Waals surface area contributed by atoms with Crippen LogP contribution in [0.3, 0.4) is 0 Å². The summed E-state index contributed by atoms with van der Waals surface area (Å²) in [5, 5.41) is 8.96. The number of aromatic nitrogens is 1. The zero-order valence-electron chi connectivity index (χ0n) is 24.8. The standard InChI is InChI=1S/C33H28IN3O7S/c1-5-43-32(39)27-28(20-9-7-6-8-10-20)36-33-37(29(27)21-11-12-23(40-2)24(18-21)41-3)31(38)26(45-33)17-19-15-22(34)30(44-14-13-35)25(16-19)42-4/h6-12,15-18,29H,5,14H2,1-4H3/b26-17-/t29-/m0/s1. The molecular weight excluding hydrogens is 709 g/mol. The number of ether oxygens (including phenoxy) is 5. The maximum Gasteiger partial charge on any atom is 0.338 e. The van der Waals surface area contributed by atoms with Gasteiger partial charge in [0.2, 0.25) is 0 Å². The van der Waals surface area contributed by atoms with Gasteiger partial charge >= 0.3 is 5.97 Å². The van der Waals surface area contributed by atoms with Crippen LogP contribution in [0.4, 0.5) is 0 Å². The summed E-state index contributed by atoms with van der Waals surface area (Å²) in [6, 6.07) is 19.3. The molecule has 3 aromatic carbocycles. The number of rotatable bonds is 10. The van der Waals surface area contributed by atoms with E-state index in [1.165, 1.54) is 37.2 Å². The fraction of sp³-hybridized carbons (Fsp3) is 0.212. The molecule has 12 heteroatoms. The Kier molecular flexibility index (Phi) is 9.90. The molecule has 5 rings (SSSR count). The van der Waals surface area contributed by atoms with Crippen molar-refractivity contribution in [2.24, 2.45) is 4.99 Å². The van der Waals surface area contributed by atoms with Crippen LogP contribution in [-0.2, 0) is 9.53 Å². The molecule has 0 amide bonds. The first-order valence-electron chi connectivity index (χ1n) is 13.7. The Balaban J connectivity index is 1.80. The molecule has 0 radical (unpaired) electrons. The molecule has 2 heterocycles. The quantitative estimate of drug-likeness (QED) is 0.173. The third kappa shape index (κ3) is 6.31. The molecule has 45 heavy (non-hydrogen) atoms. The topological polar surface area (TPSA) is 121 Å². The molecule has 0 saturated heterocycles. The zero-order chi connectivity index (χ0) is 32.1. The number of hydrogen-bond donors (Lipinski definition) is 0. The Morgan fingerprint density at radius 2 is 1.78 bits per heavy atom. The molecule has 1 atom stereocenters. The van der Waals surface area contributed by atoms with E-state index in [9.17, 15) is 9.59 Å². The summed E-state index contributed by atoms with van der Waals surface area (Å²) in [5.41, 5.74) is 2.30. The van der Waals surface area contributed by atoms with Gasteiger partial charge in [0.1, 0.15) is 6.07 Å². The molecule has 0 aliphatic carbocycles. The van der Waals surface area contributed by atoms with E-state index in [1.54, 1.807) is 37.3 Å². The molecule has 0 saturated carbocycles. The number of methoxy groups -OCH3 is 3. The van der Waals surface area contributed by atoms with Crippen molar-refractivity contribution >= 4 is 51.7 Å². The van der Waals surface area contributed by atoms with Gasteiger partial charge in [-0.05, 0) is 71.0 Å². The third-order valence-electron chi connectivity index (χ3n) is 6.93. The van der Waals surface area contributed by atoms with Crippen LogP contribution >= 0.6 is 33.9 Å². The number of nitrogens with zero attached hydrogens (tertiary/aromatic N) is 3. The number of hydrogen-bond acceptors (Lipinski definition) is 10. The van der Waals surface area contributed by atoms with Crippen molar-refractivity contribution in [3.05, 3.63) is 106 Å². The molecule has 1 aliphatic heterocycles. The summed E-state index contributed by atoms with van der Waals surface area (Å²) in [7, 11) is 4.57. The molecule has 0 spiro atoms. The number of carbonyl (C=O) groups is 1. The van der Waals surface area contributed by atoms with E-state index in [0.717, 1.165) is 0 Å². The highest BCUT2D eigenvalue weighted by molar-refractivity contribution is 14.1. The van der Waals surface area contributed by atoms with E-state index in [-0.39, 0.29) is 24.3 Å². The van der Waals surface area contributed by atoms with Gasteiger partial charge in [-0.25, -0.2) is 9.79 Å². The highest BCUT2D eigenvalue weighted by atomic mass is 127. The second kappa shape index (κ2) is 14.0. The van der Waals surface area contributed by atoms with Gasteiger partial charge in [-0.1, -0.05) is 47.7 Å². The Hall–Kier alpha value is -4.61. The third-order valence-corrected chi connectivity index (χ3v) is 8.71. The van der Waals surface area contributed by atoms with Gasteiger partial charge in [0.05, 0.1) is 53.4 Å². The van der Waals surface area contributed by atoms with Crippen molar-refractivity contribution in [1.29, 1.82) is 5.26 Å². The number of halogens is 1. The second-order valence-corrected chi connectivity index (χ2v) is 11.7. The van der Waals surface area contributed by atoms with Crippen LogP contribution in [0.5, 0.6) is 23.0 Å². The van der Waals surface area contributed by atoms with Crippen molar-refractivity contribution in [2.75, 3.05) is 34.5 Å². The van der Waals surface area contributed by atoms with Gasteiger partial charge in [-0.2, -0.15) is 5.26 Å². The van der Waals surface area contributed by atoms with Gasteiger partial charge in [0.25, 0.3) is 5.56 Å². The minimum Gasteiger partial charge on any atom is -0.493 e. The fourth-order valence-corrected chi connectivity index (χ4v) is 6.78. The smallest absolute Gasteiger partial charge is 0.338 e. The average Bonchev–Trinajstić information content (AvgIpc) is 3.37. The maximum atomic E-state index is 14.3. The number of carbonyl (C=O) groups excluding carboxylic acids is 1. The first kappa shape index (κ1) is 31.8. The van der Waals surface area contributed by atoms with E-state index in [4.69, 9.17) is 33.9 Å². The van der Waals surface area contributed by atoms with Crippen molar-refractivity contribution in [3.63, 3.8) is 0 Å². The van der Waals surface area contributed by atoms with Crippen molar-refractivity contribution in [2.45, 2.75) is 13.0 Å². The molecule has 1 aliphatic rings. The SMILES string of the molecule is CCOC(=O)C1=C(c2ccccc2)N=c2s/c(=C\c3cc(I)c(OCC#N)c(OC)c3)c(=O)n2[C@H]1c1ccc(OC)c(OC)c1. The Morgan fingerprint density at radius 3 is 2.44 bits per heavy atom. The van der Waals surface area contributed by atoms with Crippen molar-refractivity contribution in [1.82, 2.24) is 4.57 Å². The average molecular weight is 738 g/mol. The van der Waals surface area contributed by atoms with Crippen molar-refractivity contribution in [3.8, 4) is 29.1 Å². The summed E-state index contributed by atoms with van der Waals surface area (Å²) in [5.74, 6) is 1.23. The van der Waals surface area contributed by atoms with E-state index >= 15 is 0 Å². The van der Waals surface area contributed by atoms with E-state index in [1.807, 2.05) is 42.5 Å². The lowest BCUT2D eigenvalue weighted by molar-refractivity contribution is -0.138. The largest absolute Gasteiger partial charge is 0.493 e. The number of benzene rings is 3. The molecule has 0 fully saturated rings. The minimum atomic E-state index is -0.881. The van der Waals surface area contributed by atoms with Crippen LogP contribution in [0, 0.1) is 14.9 Å². The first-order chi connectivity index (χ1) is 21.8. The van der Waals surface area contributed by atoms with Gasteiger partial charge in [0.15, 0.2) is 34.4 Å². The molecule has 1 aromatic heterocycles. The normalized spacial score (nSPS) is 14.2. The summed E-state index contributed by atoms with van der Waals surface area (Å²) in [6.07, 6.45) is 1.74. The zero-order valence-corrected chi connectivity index (χ0v) is 27.8. The first-order valence-corrected chi connectivity index (χ1v) is 15.6. The van der Waals surface area contributed by atoms with Crippen LogP contribution in [0.25, 0.3) is 11.8 Å². The number of esters is 1. The monoisotopic (exact) mass is 737 g/mol. The number of fused-ring (bicyclic) bond motifs is 1. The lowest BCUT2D eigenvalue weighted by atomic mass is 9.93. The molecule has 0 bridgehead atoms. The highest BCUT2D eigenvalue weighted by Crippen LogP contribution is 2.39. The molecule has 0 unspecified atom stereocenters. The predicted molar refractivity (Wildman–Crippen MR) is 177 cm³/mol. The summed E-state index contributed by atoms with van der Waals surface area (Å²) in [4.78, 5) is 33.3. The summed E-state index contributed by atoms with van der Waals surface area (Å²) >= 11 is 3.30. The molecular formula is C33H28IN3O7S. The van der Waals surface area contributed by atoms with Crippen LogP contribution in [0.15, 0.2) is 76.0 Å². The fourth-order valence-electron chi connectivity index (χ4n) is 5.00. The maximum absolute atomic E-state index is 14.3. The van der Waals surface area contributed by atoms with Crippen LogP contribution < -0.4 is 33.8 Å². The van der Waals surface area contributed by atoms with Crippen LogP contribution in [0.2, 0.25) is 0 Å². The van der Waals surface area contributed by atoms with Crippen LogP contribution in [-0.4, -0.2) is 45.1 Å². The Bertz CT molecular complexity index is 2010. The van der Waals surface area contributed by atoms with Gasteiger partial charge < -0.3 is 23.7 Å². The Labute approximate surface area is 276 Å².